The number of thiazole rings is 1. The summed E-state index contributed by atoms with van der Waals surface area (Å²) >= 11 is 1.25. The highest BCUT2D eigenvalue weighted by Crippen LogP contribution is 2.31. The summed E-state index contributed by atoms with van der Waals surface area (Å²) in [6, 6.07) is 2.09. The fourth-order valence-electron chi connectivity index (χ4n) is 1.70. The summed E-state index contributed by atoms with van der Waals surface area (Å²) in [5.74, 6) is 0.210. The van der Waals surface area contributed by atoms with Crippen LogP contribution < -0.4 is 5.73 Å². The lowest BCUT2D eigenvalue weighted by molar-refractivity contribution is 0.0953. The van der Waals surface area contributed by atoms with Gasteiger partial charge >= 0.3 is 0 Å². The maximum atomic E-state index is 11.6. The van der Waals surface area contributed by atoms with Crippen LogP contribution in [0.25, 0.3) is 0 Å². The molecule has 1 unspecified atom stereocenters. The number of aromatic nitrogens is 1. The molecule has 0 aliphatic heterocycles. The van der Waals surface area contributed by atoms with E-state index in [1.165, 1.54) is 11.3 Å². The van der Waals surface area contributed by atoms with Gasteiger partial charge in [-0.05, 0) is 12.3 Å². The van der Waals surface area contributed by atoms with Gasteiger partial charge in [-0.3, -0.25) is 4.79 Å². The van der Waals surface area contributed by atoms with E-state index in [0.29, 0.717) is 29.3 Å². The fourth-order valence-corrected chi connectivity index (χ4v) is 2.51. The van der Waals surface area contributed by atoms with E-state index < -0.39 is 0 Å². The van der Waals surface area contributed by atoms with Crippen LogP contribution in [-0.2, 0) is 6.42 Å². The highest BCUT2D eigenvalue weighted by Gasteiger charge is 2.28. The van der Waals surface area contributed by atoms with E-state index in [0.717, 1.165) is 5.69 Å². The molecule has 0 spiro atoms. The molecular weight excluding hydrogens is 198 g/mol. The smallest absolute Gasteiger partial charge is 0.180 e. The van der Waals surface area contributed by atoms with Gasteiger partial charge in [0.1, 0.15) is 0 Å². The summed E-state index contributed by atoms with van der Waals surface area (Å²) in [6.07, 6.45) is 1.59. The number of nitrogens with zero attached hydrogens (tertiary/aromatic N) is 2. The van der Waals surface area contributed by atoms with Gasteiger partial charge in [0.25, 0.3) is 0 Å². The number of carbonyl (C=O) groups excluding carboxylic acids is 1. The fraction of sp³-hybridized carbons (Fsp3) is 0.444. The van der Waals surface area contributed by atoms with Gasteiger partial charge < -0.3 is 5.73 Å². The van der Waals surface area contributed by atoms with Crippen molar-refractivity contribution in [2.75, 3.05) is 5.73 Å². The van der Waals surface area contributed by atoms with E-state index in [1.54, 1.807) is 0 Å². The molecule has 14 heavy (non-hydrogen) atoms. The lowest BCUT2D eigenvalue weighted by atomic mass is 9.88. The standard InChI is InChI=1S/C9H9N3OS/c10-2-1-5-3-6-8(7(13)4-5)14-9(11)12-6/h5H,1,3-4H2,(H2,11,12). The van der Waals surface area contributed by atoms with E-state index in [2.05, 4.69) is 11.1 Å². The first-order valence-electron chi connectivity index (χ1n) is 4.36. The number of anilines is 1. The average Bonchev–Trinajstić information content (AvgIpc) is 2.47. The van der Waals surface area contributed by atoms with Crippen molar-refractivity contribution in [1.29, 1.82) is 5.26 Å². The minimum Gasteiger partial charge on any atom is -0.375 e. The van der Waals surface area contributed by atoms with Crippen LogP contribution in [-0.4, -0.2) is 10.8 Å². The number of fused-ring (bicyclic) bond motifs is 1. The molecule has 1 aliphatic rings. The van der Waals surface area contributed by atoms with Crippen LogP contribution in [0.2, 0.25) is 0 Å². The first-order valence-corrected chi connectivity index (χ1v) is 5.17. The lowest BCUT2D eigenvalue weighted by Gasteiger charge is -2.16. The topological polar surface area (TPSA) is 79.8 Å². The SMILES string of the molecule is N#CCC1CC(=O)c2sc(N)nc2C1. The zero-order valence-electron chi connectivity index (χ0n) is 7.49. The predicted molar refractivity (Wildman–Crippen MR) is 52.9 cm³/mol. The first-order chi connectivity index (χ1) is 6.70. The van der Waals surface area contributed by atoms with Crippen molar-refractivity contribution >= 4 is 22.3 Å². The Morgan fingerprint density at radius 1 is 1.64 bits per heavy atom. The van der Waals surface area contributed by atoms with Gasteiger partial charge in [-0.15, -0.1) is 0 Å². The summed E-state index contributed by atoms with van der Waals surface area (Å²) in [4.78, 5) is 16.4. The first kappa shape index (κ1) is 9.16. The van der Waals surface area contributed by atoms with Crippen LogP contribution in [0.4, 0.5) is 5.13 Å². The number of hydrogen-bond donors (Lipinski definition) is 1. The van der Waals surface area contributed by atoms with Crippen molar-refractivity contribution in [2.45, 2.75) is 19.3 Å². The highest BCUT2D eigenvalue weighted by atomic mass is 32.1. The Balaban J connectivity index is 2.29. The number of nitrogen functional groups attached to an aromatic ring is 1. The number of nitriles is 1. The molecular formula is C9H9N3OS. The number of Topliss-reactive ketones (excluding diaryl/α,β-unsaturated/α-hetero) is 1. The Kier molecular flexibility index (Phi) is 2.22. The van der Waals surface area contributed by atoms with Gasteiger partial charge in [0.2, 0.25) is 0 Å². The van der Waals surface area contributed by atoms with Crippen molar-refractivity contribution < 1.29 is 4.79 Å². The lowest BCUT2D eigenvalue weighted by Crippen LogP contribution is -2.18. The quantitative estimate of drug-likeness (QED) is 0.754. The maximum Gasteiger partial charge on any atom is 0.180 e. The minimum atomic E-state index is 0.0840. The van der Waals surface area contributed by atoms with Crippen LogP contribution in [0.1, 0.15) is 28.2 Å². The number of ketones is 1. The molecule has 0 bridgehead atoms. The Morgan fingerprint density at radius 3 is 3.14 bits per heavy atom. The Hall–Kier alpha value is -1.41. The zero-order valence-corrected chi connectivity index (χ0v) is 8.30. The molecule has 1 heterocycles. The average molecular weight is 207 g/mol. The monoisotopic (exact) mass is 207 g/mol. The third-order valence-electron chi connectivity index (χ3n) is 2.30. The molecule has 0 amide bonds. The van der Waals surface area contributed by atoms with Gasteiger partial charge in [0, 0.05) is 12.8 Å². The summed E-state index contributed by atoms with van der Waals surface area (Å²) in [7, 11) is 0. The molecule has 4 nitrogen and oxygen atoms in total. The molecule has 0 saturated heterocycles. The second-order valence-electron chi connectivity index (χ2n) is 3.39. The Morgan fingerprint density at radius 2 is 2.43 bits per heavy atom. The molecule has 2 N–H and O–H groups in total. The van der Waals surface area contributed by atoms with Crippen LogP contribution >= 0.6 is 11.3 Å². The van der Waals surface area contributed by atoms with Crippen molar-refractivity contribution in [3.8, 4) is 6.07 Å². The molecule has 0 fully saturated rings. The largest absolute Gasteiger partial charge is 0.375 e. The maximum absolute atomic E-state index is 11.6. The molecule has 0 saturated carbocycles. The molecule has 2 rings (SSSR count). The summed E-state index contributed by atoms with van der Waals surface area (Å²) in [5.41, 5.74) is 6.31. The van der Waals surface area contributed by atoms with Gasteiger partial charge in [-0.1, -0.05) is 11.3 Å². The zero-order chi connectivity index (χ0) is 10.1. The molecule has 1 aromatic rings. The number of carbonyl (C=O) groups is 1. The van der Waals surface area contributed by atoms with Crippen LogP contribution in [0.3, 0.4) is 0 Å². The normalized spacial score (nSPS) is 20.2. The Bertz CT molecular complexity index is 418. The van der Waals surface area contributed by atoms with Gasteiger partial charge in [-0.2, -0.15) is 5.26 Å². The van der Waals surface area contributed by atoms with E-state index in [9.17, 15) is 4.79 Å². The summed E-state index contributed by atoms with van der Waals surface area (Å²) in [5, 5.41) is 9.00. The molecule has 0 radical (unpaired) electrons. The van der Waals surface area contributed by atoms with Crippen molar-refractivity contribution in [2.24, 2.45) is 5.92 Å². The van der Waals surface area contributed by atoms with E-state index in [1.807, 2.05) is 0 Å². The third-order valence-corrected chi connectivity index (χ3v) is 3.27. The van der Waals surface area contributed by atoms with Gasteiger partial charge in [0.15, 0.2) is 10.9 Å². The second kappa shape index (κ2) is 3.39. The number of nitrogens with two attached hydrogens (primary N) is 1. The van der Waals surface area contributed by atoms with Gasteiger partial charge in [0.05, 0.1) is 16.6 Å². The van der Waals surface area contributed by atoms with Crippen LogP contribution in [0.5, 0.6) is 0 Å². The van der Waals surface area contributed by atoms with Crippen LogP contribution in [0.15, 0.2) is 0 Å². The second-order valence-corrected chi connectivity index (χ2v) is 4.42. The highest BCUT2D eigenvalue weighted by molar-refractivity contribution is 7.17. The molecule has 72 valence electrons. The van der Waals surface area contributed by atoms with E-state index >= 15 is 0 Å². The van der Waals surface area contributed by atoms with Crippen molar-refractivity contribution in [3.63, 3.8) is 0 Å². The summed E-state index contributed by atoms with van der Waals surface area (Å²) < 4.78 is 0. The van der Waals surface area contributed by atoms with E-state index in [-0.39, 0.29) is 11.7 Å². The third kappa shape index (κ3) is 1.49. The minimum absolute atomic E-state index is 0.0840. The van der Waals surface area contributed by atoms with Crippen molar-refractivity contribution in [3.05, 3.63) is 10.6 Å². The molecule has 1 aromatic heterocycles. The van der Waals surface area contributed by atoms with Gasteiger partial charge in [-0.25, -0.2) is 4.98 Å². The Labute approximate surface area is 85.4 Å². The van der Waals surface area contributed by atoms with Crippen LogP contribution in [0, 0.1) is 17.2 Å². The molecule has 1 atom stereocenters. The van der Waals surface area contributed by atoms with Crippen molar-refractivity contribution in [1.82, 2.24) is 4.98 Å². The predicted octanol–water partition coefficient (Wildman–Crippen LogP) is 1.38. The van der Waals surface area contributed by atoms with E-state index in [4.69, 9.17) is 11.0 Å². The molecule has 1 aliphatic carbocycles. The number of rotatable bonds is 1. The number of hydrogen-bond acceptors (Lipinski definition) is 5. The summed E-state index contributed by atoms with van der Waals surface area (Å²) in [6.45, 7) is 0. The molecule has 0 aromatic carbocycles. The molecule has 5 heteroatoms.